The summed E-state index contributed by atoms with van der Waals surface area (Å²) >= 11 is 0. The standard InChI is InChI=1S/C13H19N3O3/c1-9-10(2)16(13(19)14-9)8-5-12(18)15-6-3-11(17)4-7-15/h3-8H2,1-2H3,(H,14,19). The normalized spacial score (nSPS) is 15.9. The lowest BCUT2D eigenvalue weighted by molar-refractivity contribution is -0.134. The summed E-state index contributed by atoms with van der Waals surface area (Å²) in [6.45, 7) is 5.11. The van der Waals surface area contributed by atoms with Crippen molar-refractivity contribution < 1.29 is 9.59 Å². The molecule has 0 unspecified atom stereocenters. The van der Waals surface area contributed by atoms with Crippen LogP contribution in [0.25, 0.3) is 0 Å². The molecule has 1 aromatic rings. The maximum Gasteiger partial charge on any atom is 0.325 e. The lowest BCUT2D eigenvalue weighted by Crippen LogP contribution is -2.39. The highest BCUT2D eigenvalue weighted by molar-refractivity contribution is 5.83. The number of amides is 1. The van der Waals surface area contributed by atoms with Gasteiger partial charge in [-0.1, -0.05) is 0 Å². The van der Waals surface area contributed by atoms with Crippen LogP contribution in [0.3, 0.4) is 0 Å². The Morgan fingerprint density at radius 2 is 1.84 bits per heavy atom. The maximum absolute atomic E-state index is 12.0. The third-order valence-electron chi connectivity index (χ3n) is 3.71. The first kappa shape index (κ1) is 13.6. The van der Waals surface area contributed by atoms with Crippen LogP contribution < -0.4 is 5.69 Å². The Morgan fingerprint density at radius 3 is 2.37 bits per heavy atom. The highest BCUT2D eigenvalue weighted by Crippen LogP contribution is 2.08. The summed E-state index contributed by atoms with van der Waals surface area (Å²) in [6.07, 6.45) is 1.20. The minimum absolute atomic E-state index is 0.0117. The predicted molar refractivity (Wildman–Crippen MR) is 70.0 cm³/mol. The van der Waals surface area contributed by atoms with E-state index in [0.717, 1.165) is 11.4 Å². The molecule has 1 aliphatic heterocycles. The zero-order valence-corrected chi connectivity index (χ0v) is 11.4. The Morgan fingerprint density at radius 1 is 1.21 bits per heavy atom. The van der Waals surface area contributed by atoms with E-state index >= 15 is 0 Å². The van der Waals surface area contributed by atoms with Crippen molar-refractivity contribution in [2.24, 2.45) is 0 Å². The molecule has 19 heavy (non-hydrogen) atoms. The molecule has 0 radical (unpaired) electrons. The van der Waals surface area contributed by atoms with Crippen LogP contribution in [-0.4, -0.2) is 39.2 Å². The van der Waals surface area contributed by atoms with Gasteiger partial charge < -0.3 is 9.88 Å². The first-order valence-electron chi connectivity index (χ1n) is 6.54. The zero-order valence-electron chi connectivity index (χ0n) is 11.4. The number of H-pyrrole nitrogens is 1. The van der Waals surface area contributed by atoms with E-state index in [1.54, 1.807) is 9.47 Å². The fourth-order valence-corrected chi connectivity index (χ4v) is 2.31. The highest BCUT2D eigenvalue weighted by Gasteiger charge is 2.20. The Balaban J connectivity index is 1.93. The number of imidazole rings is 1. The number of aromatic amines is 1. The number of nitrogens with one attached hydrogen (secondary N) is 1. The van der Waals surface area contributed by atoms with E-state index in [-0.39, 0.29) is 17.4 Å². The molecule has 2 heterocycles. The summed E-state index contributed by atoms with van der Waals surface area (Å²) in [4.78, 5) is 39.2. The Bertz CT molecular complexity index is 546. The van der Waals surface area contributed by atoms with Gasteiger partial charge in [-0.2, -0.15) is 0 Å². The average Bonchev–Trinajstić information content (AvgIpc) is 2.62. The molecule has 0 bridgehead atoms. The molecule has 1 aromatic heterocycles. The highest BCUT2D eigenvalue weighted by atomic mass is 16.2. The molecule has 0 spiro atoms. The molecule has 0 saturated carbocycles. The van der Waals surface area contributed by atoms with Gasteiger partial charge in [-0.05, 0) is 13.8 Å². The van der Waals surface area contributed by atoms with Gasteiger partial charge in [0, 0.05) is 50.3 Å². The number of hydrogen-bond acceptors (Lipinski definition) is 3. The van der Waals surface area contributed by atoms with Crippen molar-refractivity contribution in [1.29, 1.82) is 0 Å². The van der Waals surface area contributed by atoms with E-state index in [2.05, 4.69) is 4.98 Å². The number of nitrogens with zero attached hydrogens (tertiary/aromatic N) is 2. The summed E-state index contributed by atoms with van der Waals surface area (Å²) < 4.78 is 1.59. The number of aryl methyl sites for hydroxylation is 1. The number of piperidine rings is 1. The van der Waals surface area contributed by atoms with Crippen molar-refractivity contribution in [3.05, 3.63) is 21.9 Å². The minimum Gasteiger partial charge on any atom is -0.342 e. The monoisotopic (exact) mass is 265 g/mol. The molecule has 6 nitrogen and oxygen atoms in total. The van der Waals surface area contributed by atoms with Crippen LogP contribution in [0, 0.1) is 13.8 Å². The van der Waals surface area contributed by atoms with Gasteiger partial charge in [-0.15, -0.1) is 0 Å². The third-order valence-corrected chi connectivity index (χ3v) is 3.71. The second-order valence-corrected chi connectivity index (χ2v) is 4.96. The van der Waals surface area contributed by atoms with Crippen molar-refractivity contribution in [2.45, 2.75) is 39.7 Å². The van der Waals surface area contributed by atoms with Crippen molar-refractivity contribution >= 4 is 11.7 Å². The molecule has 0 aromatic carbocycles. The molecule has 1 N–H and O–H groups in total. The number of likely N-dealkylation sites (tertiary alicyclic amines) is 1. The lowest BCUT2D eigenvalue weighted by Gasteiger charge is -2.26. The van der Waals surface area contributed by atoms with Crippen molar-refractivity contribution in [2.75, 3.05) is 13.1 Å². The van der Waals surface area contributed by atoms with Crippen LogP contribution in [0.2, 0.25) is 0 Å². The maximum atomic E-state index is 12.0. The quantitative estimate of drug-likeness (QED) is 0.858. The van der Waals surface area contributed by atoms with E-state index in [0.29, 0.717) is 38.9 Å². The molecular formula is C13H19N3O3. The van der Waals surface area contributed by atoms with Crippen LogP contribution in [0.15, 0.2) is 4.79 Å². The topological polar surface area (TPSA) is 75.2 Å². The fraction of sp³-hybridized carbons (Fsp3) is 0.615. The van der Waals surface area contributed by atoms with Gasteiger partial charge in [0.15, 0.2) is 0 Å². The van der Waals surface area contributed by atoms with E-state index in [1.165, 1.54) is 0 Å². The van der Waals surface area contributed by atoms with Gasteiger partial charge in [0.05, 0.1) is 0 Å². The van der Waals surface area contributed by atoms with E-state index < -0.39 is 0 Å². The summed E-state index contributed by atoms with van der Waals surface area (Å²) in [5.41, 5.74) is 1.53. The molecule has 1 saturated heterocycles. The van der Waals surface area contributed by atoms with Gasteiger partial charge in [-0.3, -0.25) is 14.2 Å². The Hall–Kier alpha value is -1.85. The van der Waals surface area contributed by atoms with Crippen LogP contribution in [-0.2, 0) is 16.1 Å². The van der Waals surface area contributed by atoms with E-state index in [4.69, 9.17) is 0 Å². The summed E-state index contributed by atoms with van der Waals surface area (Å²) in [5, 5.41) is 0. The number of Topliss-reactive ketones (excluding diaryl/α,β-unsaturated/α-hetero) is 1. The molecule has 1 amide bonds. The summed E-state index contributed by atoms with van der Waals surface area (Å²) in [5.74, 6) is 0.232. The van der Waals surface area contributed by atoms with E-state index in [9.17, 15) is 14.4 Å². The average molecular weight is 265 g/mol. The number of aromatic nitrogens is 2. The Labute approximate surface area is 111 Å². The van der Waals surface area contributed by atoms with Crippen molar-refractivity contribution in [3.63, 3.8) is 0 Å². The molecule has 1 aliphatic rings. The second kappa shape index (κ2) is 5.42. The van der Waals surface area contributed by atoms with E-state index in [1.807, 2.05) is 13.8 Å². The first-order valence-corrected chi connectivity index (χ1v) is 6.54. The molecule has 1 fully saturated rings. The second-order valence-electron chi connectivity index (χ2n) is 4.96. The lowest BCUT2D eigenvalue weighted by atomic mass is 10.1. The van der Waals surface area contributed by atoms with Gasteiger partial charge in [0.25, 0.3) is 0 Å². The number of ketones is 1. The number of hydrogen-bond donors (Lipinski definition) is 1. The molecule has 0 aliphatic carbocycles. The van der Waals surface area contributed by atoms with Gasteiger partial charge in [0.1, 0.15) is 5.78 Å². The van der Waals surface area contributed by atoms with Crippen molar-refractivity contribution in [1.82, 2.24) is 14.5 Å². The SMILES string of the molecule is Cc1[nH]c(=O)n(CCC(=O)N2CCC(=O)CC2)c1C. The largest absolute Gasteiger partial charge is 0.342 e. The third kappa shape index (κ3) is 2.94. The Kier molecular flexibility index (Phi) is 3.87. The van der Waals surface area contributed by atoms with Crippen LogP contribution in [0.5, 0.6) is 0 Å². The fourth-order valence-electron chi connectivity index (χ4n) is 2.31. The summed E-state index contributed by atoms with van der Waals surface area (Å²) in [6, 6.07) is 0. The molecule has 0 atom stereocenters. The smallest absolute Gasteiger partial charge is 0.325 e. The molecule has 104 valence electrons. The summed E-state index contributed by atoms with van der Waals surface area (Å²) in [7, 11) is 0. The van der Waals surface area contributed by atoms with Crippen LogP contribution >= 0.6 is 0 Å². The van der Waals surface area contributed by atoms with Gasteiger partial charge >= 0.3 is 5.69 Å². The zero-order chi connectivity index (χ0) is 14.0. The van der Waals surface area contributed by atoms with Crippen LogP contribution in [0.1, 0.15) is 30.7 Å². The number of carbonyl (C=O) groups is 2. The number of carbonyl (C=O) groups excluding carboxylic acids is 2. The van der Waals surface area contributed by atoms with Crippen LogP contribution in [0.4, 0.5) is 0 Å². The number of rotatable bonds is 3. The first-order chi connectivity index (χ1) is 8.99. The minimum atomic E-state index is -0.170. The predicted octanol–water partition coefficient (Wildman–Crippen LogP) is 0.375. The molecule has 2 rings (SSSR count). The van der Waals surface area contributed by atoms with Gasteiger partial charge in [-0.25, -0.2) is 4.79 Å². The molecular weight excluding hydrogens is 246 g/mol. The molecule has 6 heteroatoms. The van der Waals surface area contributed by atoms with Crippen molar-refractivity contribution in [3.8, 4) is 0 Å². The van der Waals surface area contributed by atoms with Gasteiger partial charge in [0.2, 0.25) is 5.91 Å².